The largest absolute Gasteiger partial charge is 0.497 e. The Kier molecular flexibility index (Phi) is 7.28. The zero-order chi connectivity index (χ0) is 19.8. The van der Waals surface area contributed by atoms with Gasteiger partial charge in [0, 0.05) is 39.8 Å². The van der Waals surface area contributed by atoms with E-state index in [1.54, 1.807) is 19.1 Å². The Bertz CT molecular complexity index is 758. The number of nitrogens with zero attached hydrogens (tertiary/aromatic N) is 2. The monoisotopic (exact) mass is 383 g/mol. The van der Waals surface area contributed by atoms with E-state index in [2.05, 4.69) is 34.5 Å². The predicted octanol–water partition coefficient (Wildman–Crippen LogP) is 2.87. The molecular formula is C22H29N3O3. The maximum atomic E-state index is 12.4. The Balaban J connectivity index is 1.45. The number of ether oxygens (including phenoxy) is 2. The molecule has 1 heterocycles. The first-order valence-electron chi connectivity index (χ1n) is 9.64. The van der Waals surface area contributed by atoms with Gasteiger partial charge in [-0.2, -0.15) is 0 Å². The third-order valence-corrected chi connectivity index (χ3v) is 4.88. The minimum absolute atomic E-state index is 0.0970. The second-order valence-electron chi connectivity index (χ2n) is 7.07. The minimum Gasteiger partial charge on any atom is -0.497 e. The lowest BCUT2D eigenvalue weighted by Crippen LogP contribution is -2.36. The number of amides is 2. The lowest BCUT2D eigenvalue weighted by atomic mass is 10.1. The van der Waals surface area contributed by atoms with Crippen LogP contribution in [0.15, 0.2) is 48.5 Å². The van der Waals surface area contributed by atoms with Crippen molar-refractivity contribution in [1.82, 2.24) is 15.1 Å². The van der Waals surface area contributed by atoms with Crippen molar-refractivity contribution < 1.29 is 14.3 Å². The van der Waals surface area contributed by atoms with Crippen molar-refractivity contribution in [3.05, 3.63) is 65.2 Å². The first kappa shape index (κ1) is 20.2. The van der Waals surface area contributed by atoms with Crippen LogP contribution in [0.1, 0.15) is 16.7 Å². The average Bonchev–Trinajstić information content (AvgIpc) is 2.74. The van der Waals surface area contributed by atoms with Crippen LogP contribution in [-0.2, 0) is 24.4 Å². The molecule has 2 aromatic carbocycles. The summed E-state index contributed by atoms with van der Waals surface area (Å²) in [5.74, 6) is 0.795. The van der Waals surface area contributed by atoms with Crippen LogP contribution < -0.4 is 10.1 Å². The second kappa shape index (κ2) is 10.1. The number of morpholine rings is 1. The van der Waals surface area contributed by atoms with Crippen molar-refractivity contribution in [3.63, 3.8) is 0 Å². The van der Waals surface area contributed by atoms with Crippen molar-refractivity contribution in [1.29, 1.82) is 0 Å². The van der Waals surface area contributed by atoms with Gasteiger partial charge in [-0.3, -0.25) is 4.90 Å². The summed E-state index contributed by atoms with van der Waals surface area (Å²) in [6, 6.07) is 16.1. The molecule has 6 heteroatoms. The van der Waals surface area contributed by atoms with Crippen molar-refractivity contribution >= 4 is 6.03 Å². The van der Waals surface area contributed by atoms with E-state index in [9.17, 15) is 4.79 Å². The van der Waals surface area contributed by atoms with Gasteiger partial charge in [0.25, 0.3) is 0 Å². The van der Waals surface area contributed by atoms with Gasteiger partial charge in [0.1, 0.15) is 5.75 Å². The van der Waals surface area contributed by atoms with Crippen molar-refractivity contribution in [2.75, 3.05) is 40.5 Å². The zero-order valence-corrected chi connectivity index (χ0v) is 16.7. The van der Waals surface area contributed by atoms with Crippen LogP contribution in [0.25, 0.3) is 0 Å². The molecular weight excluding hydrogens is 354 g/mol. The fourth-order valence-corrected chi connectivity index (χ4v) is 3.21. The summed E-state index contributed by atoms with van der Waals surface area (Å²) in [7, 11) is 3.43. The molecule has 3 rings (SSSR count). The van der Waals surface area contributed by atoms with E-state index in [4.69, 9.17) is 9.47 Å². The van der Waals surface area contributed by atoms with E-state index < -0.39 is 0 Å². The molecule has 6 nitrogen and oxygen atoms in total. The molecule has 2 aromatic rings. The van der Waals surface area contributed by atoms with E-state index in [0.29, 0.717) is 13.1 Å². The van der Waals surface area contributed by atoms with Crippen molar-refractivity contribution in [3.8, 4) is 5.75 Å². The third kappa shape index (κ3) is 5.97. The highest BCUT2D eigenvalue weighted by molar-refractivity contribution is 5.73. The molecule has 150 valence electrons. The maximum absolute atomic E-state index is 12.4. The van der Waals surface area contributed by atoms with E-state index in [1.165, 1.54) is 5.56 Å². The van der Waals surface area contributed by atoms with E-state index >= 15 is 0 Å². The van der Waals surface area contributed by atoms with Crippen LogP contribution in [0.3, 0.4) is 0 Å². The molecule has 1 fully saturated rings. The zero-order valence-electron chi connectivity index (χ0n) is 16.7. The Hall–Kier alpha value is -2.57. The van der Waals surface area contributed by atoms with Crippen LogP contribution >= 0.6 is 0 Å². The number of methoxy groups -OCH3 is 1. The standard InChI is InChI=1S/C22H29N3O3/c1-24(16-20-4-3-5-21(14-20)27-2)22(26)23-15-18-6-8-19(9-7-18)17-25-10-12-28-13-11-25/h3-9,14H,10-13,15-17H2,1-2H3,(H,23,26). The Labute approximate surface area is 167 Å². The number of benzene rings is 2. The average molecular weight is 383 g/mol. The number of hydrogen-bond acceptors (Lipinski definition) is 4. The summed E-state index contributed by atoms with van der Waals surface area (Å²) in [4.78, 5) is 16.4. The van der Waals surface area contributed by atoms with Gasteiger partial charge in [-0.1, -0.05) is 36.4 Å². The normalized spacial score (nSPS) is 14.5. The lowest BCUT2D eigenvalue weighted by molar-refractivity contribution is 0.0342. The van der Waals surface area contributed by atoms with E-state index in [1.807, 2.05) is 24.3 Å². The van der Waals surface area contributed by atoms with Crippen molar-refractivity contribution in [2.45, 2.75) is 19.6 Å². The van der Waals surface area contributed by atoms with Gasteiger partial charge in [-0.25, -0.2) is 4.79 Å². The topological polar surface area (TPSA) is 54.0 Å². The molecule has 0 spiro atoms. The number of hydrogen-bond donors (Lipinski definition) is 1. The summed E-state index contributed by atoms with van der Waals surface area (Å²) in [6.07, 6.45) is 0. The number of carbonyl (C=O) groups is 1. The fraction of sp³-hybridized carbons (Fsp3) is 0.409. The highest BCUT2D eigenvalue weighted by Crippen LogP contribution is 2.14. The third-order valence-electron chi connectivity index (χ3n) is 4.88. The van der Waals surface area contributed by atoms with Crippen LogP contribution in [0.2, 0.25) is 0 Å². The predicted molar refractivity (Wildman–Crippen MR) is 109 cm³/mol. The first-order chi connectivity index (χ1) is 13.6. The van der Waals surface area contributed by atoms with Gasteiger partial charge >= 0.3 is 6.03 Å². The van der Waals surface area contributed by atoms with Gasteiger partial charge in [-0.05, 0) is 28.8 Å². The van der Waals surface area contributed by atoms with Crippen LogP contribution in [0.5, 0.6) is 5.75 Å². The molecule has 0 radical (unpaired) electrons. The molecule has 2 amide bonds. The molecule has 0 saturated carbocycles. The van der Waals surface area contributed by atoms with Gasteiger partial charge in [0.05, 0.1) is 20.3 Å². The summed E-state index contributed by atoms with van der Waals surface area (Å²) >= 11 is 0. The highest BCUT2D eigenvalue weighted by atomic mass is 16.5. The lowest BCUT2D eigenvalue weighted by Gasteiger charge is -2.26. The molecule has 0 aromatic heterocycles. The Morgan fingerprint density at radius 2 is 1.82 bits per heavy atom. The quantitative estimate of drug-likeness (QED) is 0.799. The van der Waals surface area contributed by atoms with Gasteiger partial charge in [-0.15, -0.1) is 0 Å². The molecule has 1 N–H and O–H groups in total. The number of urea groups is 1. The second-order valence-corrected chi connectivity index (χ2v) is 7.07. The van der Waals surface area contributed by atoms with Gasteiger partial charge in [0.2, 0.25) is 0 Å². The molecule has 0 aliphatic carbocycles. The highest BCUT2D eigenvalue weighted by Gasteiger charge is 2.11. The van der Waals surface area contributed by atoms with Gasteiger partial charge in [0.15, 0.2) is 0 Å². The molecule has 1 saturated heterocycles. The van der Waals surface area contributed by atoms with Crippen LogP contribution in [0, 0.1) is 0 Å². The molecule has 0 atom stereocenters. The van der Waals surface area contributed by atoms with E-state index in [-0.39, 0.29) is 6.03 Å². The number of rotatable bonds is 7. The summed E-state index contributed by atoms with van der Waals surface area (Å²) in [6.45, 7) is 5.58. The molecule has 1 aliphatic rings. The first-order valence-corrected chi connectivity index (χ1v) is 9.64. The van der Waals surface area contributed by atoms with Gasteiger partial charge < -0.3 is 19.7 Å². The fourth-order valence-electron chi connectivity index (χ4n) is 3.21. The maximum Gasteiger partial charge on any atom is 0.317 e. The van der Waals surface area contributed by atoms with Crippen molar-refractivity contribution in [2.24, 2.45) is 0 Å². The summed E-state index contributed by atoms with van der Waals surface area (Å²) in [5.41, 5.74) is 3.41. The SMILES string of the molecule is COc1cccc(CN(C)C(=O)NCc2ccc(CN3CCOCC3)cc2)c1. The number of nitrogens with one attached hydrogen (secondary N) is 1. The Morgan fingerprint density at radius 3 is 2.54 bits per heavy atom. The molecule has 0 unspecified atom stereocenters. The van der Waals surface area contributed by atoms with Crippen LogP contribution in [-0.4, -0.2) is 56.3 Å². The van der Waals surface area contributed by atoms with E-state index in [0.717, 1.165) is 49.7 Å². The summed E-state index contributed by atoms with van der Waals surface area (Å²) in [5, 5.41) is 2.98. The van der Waals surface area contributed by atoms with Crippen LogP contribution in [0.4, 0.5) is 4.79 Å². The number of carbonyl (C=O) groups excluding carboxylic acids is 1. The summed E-state index contributed by atoms with van der Waals surface area (Å²) < 4.78 is 10.6. The minimum atomic E-state index is -0.0970. The molecule has 28 heavy (non-hydrogen) atoms. The smallest absolute Gasteiger partial charge is 0.317 e. The molecule has 0 bridgehead atoms. The molecule has 1 aliphatic heterocycles. The Morgan fingerprint density at radius 1 is 1.11 bits per heavy atom.